The Morgan fingerprint density at radius 3 is 2.61 bits per heavy atom. The fourth-order valence-corrected chi connectivity index (χ4v) is 3.79. The summed E-state index contributed by atoms with van der Waals surface area (Å²) in [5, 5.41) is 13.9. The van der Waals surface area contributed by atoms with Gasteiger partial charge in [0.15, 0.2) is 0 Å². The Morgan fingerprint density at radius 1 is 1.26 bits per heavy atom. The molecule has 1 aliphatic rings. The first-order chi connectivity index (χ1) is 11.3. The number of benzene rings is 1. The second-order valence-corrected chi connectivity index (χ2v) is 6.65. The topological polar surface area (TPSA) is 56.1 Å². The minimum Gasteiger partial charge on any atom is -0.350 e. The van der Waals surface area contributed by atoms with Crippen LogP contribution in [-0.2, 0) is 0 Å². The Labute approximate surface area is 140 Å². The number of nitrogens with zero attached hydrogens (tertiary/aromatic N) is 2. The van der Waals surface area contributed by atoms with Crippen LogP contribution in [0.4, 0.5) is 0 Å². The van der Waals surface area contributed by atoms with Crippen LogP contribution < -0.4 is 5.32 Å². The lowest BCUT2D eigenvalue weighted by molar-refractivity contribution is 0.0938. The van der Waals surface area contributed by atoms with E-state index < -0.39 is 0 Å². The minimum atomic E-state index is -0.0877. The smallest absolute Gasteiger partial charge is 0.251 e. The van der Waals surface area contributed by atoms with Crippen LogP contribution in [0.25, 0.3) is 0 Å². The van der Waals surface area contributed by atoms with E-state index >= 15 is 0 Å². The van der Waals surface area contributed by atoms with Gasteiger partial charge in [-0.1, -0.05) is 6.07 Å². The van der Waals surface area contributed by atoms with Gasteiger partial charge >= 0.3 is 0 Å². The van der Waals surface area contributed by atoms with Crippen molar-refractivity contribution in [3.63, 3.8) is 0 Å². The Morgan fingerprint density at radius 2 is 2.00 bits per heavy atom. The summed E-state index contributed by atoms with van der Waals surface area (Å²) in [5.74, 6) is -0.0877. The van der Waals surface area contributed by atoms with Crippen molar-refractivity contribution in [2.45, 2.75) is 18.9 Å². The molecule has 0 radical (unpaired) electrons. The molecule has 1 N–H and O–H groups in total. The maximum absolute atomic E-state index is 12.3. The molecule has 4 nitrogen and oxygen atoms in total. The molecule has 1 aromatic heterocycles. The average molecular weight is 325 g/mol. The van der Waals surface area contributed by atoms with Crippen LogP contribution in [0.3, 0.4) is 0 Å². The second kappa shape index (κ2) is 7.40. The largest absolute Gasteiger partial charge is 0.350 e. The first-order valence-corrected chi connectivity index (χ1v) is 8.72. The number of hydrogen-bond donors (Lipinski definition) is 1. The summed E-state index contributed by atoms with van der Waals surface area (Å²) >= 11 is 1.74. The monoisotopic (exact) mass is 325 g/mol. The molecule has 0 spiro atoms. The zero-order chi connectivity index (χ0) is 16.1. The highest BCUT2D eigenvalue weighted by molar-refractivity contribution is 7.10. The number of thiophene rings is 1. The standard InChI is InChI=1S/C18H19N3OS/c19-12-14-5-7-15(8-6-14)18(22)20-13-16(17-4-3-11-23-17)21-9-1-2-10-21/h3-8,11,16H,1-2,9-10,13H2,(H,20,22). The summed E-state index contributed by atoms with van der Waals surface area (Å²) in [6, 6.07) is 13.3. The molecule has 3 rings (SSSR count). The molecule has 1 atom stereocenters. The minimum absolute atomic E-state index is 0.0877. The van der Waals surface area contributed by atoms with Crippen molar-refractivity contribution in [1.82, 2.24) is 10.2 Å². The van der Waals surface area contributed by atoms with E-state index in [1.54, 1.807) is 35.6 Å². The van der Waals surface area contributed by atoms with Crippen molar-refractivity contribution in [3.05, 3.63) is 57.8 Å². The average Bonchev–Trinajstić information content (AvgIpc) is 3.29. The summed E-state index contributed by atoms with van der Waals surface area (Å²) in [7, 11) is 0. The van der Waals surface area contributed by atoms with Crippen LogP contribution >= 0.6 is 11.3 Å². The lowest BCUT2D eigenvalue weighted by Gasteiger charge is -2.26. The predicted molar refractivity (Wildman–Crippen MR) is 91.4 cm³/mol. The number of nitrogens with one attached hydrogen (secondary N) is 1. The van der Waals surface area contributed by atoms with Gasteiger partial charge in [-0.3, -0.25) is 9.69 Å². The molecule has 1 unspecified atom stereocenters. The van der Waals surface area contributed by atoms with E-state index in [1.165, 1.54) is 17.7 Å². The highest BCUT2D eigenvalue weighted by Gasteiger charge is 2.24. The van der Waals surface area contributed by atoms with Crippen molar-refractivity contribution < 1.29 is 4.79 Å². The van der Waals surface area contributed by atoms with Crippen molar-refractivity contribution in [3.8, 4) is 6.07 Å². The van der Waals surface area contributed by atoms with E-state index in [4.69, 9.17) is 5.26 Å². The summed E-state index contributed by atoms with van der Waals surface area (Å²) < 4.78 is 0. The summed E-state index contributed by atoms with van der Waals surface area (Å²) in [5.41, 5.74) is 1.16. The molecule has 23 heavy (non-hydrogen) atoms. The zero-order valence-corrected chi connectivity index (χ0v) is 13.7. The number of likely N-dealkylation sites (tertiary alicyclic amines) is 1. The van der Waals surface area contributed by atoms with Crippen LogP contribution in [0, 0.1) is 11.3 Å². The van der Waals surface area contributed by atoms with Crippen molar-refractivity contribution in [2.75, 3.05) is 19.6 Å². The Balaban J connectivity index is 1.66. The molecule has 2 aromatic rings. The molecular weight excluding hydrogens is 306 g/mol. The van der Waals surface area contributed by atoms with Gasteiger partial charge in [-0.2, -0.15) is 5.26 Å². The van der Waals surface area contributed by atoms with Crippen molar-refractivity contribution in [2.24, 2.45) is 0 Å². The lowest BCUT2D eigenvalue weighted by atomic mass is 10.1. The van der Waals surface area contributed by atoms with Crippen molar-refractivity contribution >= 4 is 17.2 Å². The van der Waals surface area contributed by atoms with Gasteiger partial charge < -0.3 is 5.32 Å². The van der Waals surface area contributed by atoms with Crippen molar-refractivity contribution in [1.29, 1.82) is 5.26 Å². The summed E-state index contributed by atoms with van der Waals surface area (Å²) in [6.45, 7) is 2.80. The van der Waals surface area contributed by atoms with Gasteiger partial charge in [0.05, 0.1) is 17.7 Å². The molecule has 2 heterocycles. The van der Waals surface area contributed by atoms with Gasteiger partial charge in [-0.25, -0.2) is 0 Å². The zero-order valence-electron chi connectivity index (χ0n) is 12.9. The van der Waals surface area contributed by atoms with Gasteiger partial charge in [0.2, 0.25) is 0 Å². The Hall–Kier alpha value is -2.16. The fourth-order valence-electron chi connectivity index (χ4n) is 2.93. The maximum atomic E-state index is 12.3. The molecule has 0 saturated carbocycles. The molecule has 0 bridgehead atoms. The van der Waals surface area contributed by atoms with E-state index in [2.05, 4.69) is 33.8 Å². The van der Waals surface area contributed by atoms with Gasteiger partial charge in [-0.05, 0) is 61.6 Å². The Bertz CT molecular complexity index is 682. The van der Waals surface area contributed by atoms with E-state index in [9.17, 15) is 4.79 Å². The highest BCUT2D eigenvalue weighted by Crippen LogP contribution is 2.27. The maximum Gasteiger partial charge on any atom is 0.251 e. The van der Waals surface area contributed by atoms with Crippen LogP contribution in [-0.4, -0.2) is 30.4 Å². The predicted octanol–water partition coefficient (Wildman–Crippen LogP) is 3.19. The third kappa shape index (κ3) is 3.79. The van der Waals surface area contributed by atoms with Gasteiger partial charge in [0.1, 0.15) is 0 Å². The first-order valence-electron chi connectivity index (χ1n) is 7.84. The molecule has 5 heteroatoms. The van der Waals surface area contributed by atoms with Gasteiger partial charge in [0, 0.05) is 17.0 Å². The molecule has 1 saturated heterocycles. The lowest BCUT2D eigenvalue weighted by Crippen LogP contribution is -2.36. The third-order valence-electron chi connectivity index (χ3n) is 4.19. The molecule has 118 valence electrons. The quantitative estimate of drug-likeness (QED) is 0.918. The van der Waals surface area contributed by atoms with E-state index in [1.807, 2.05) is 0 Å². The number of amides is 1. The van der Waals surface area contributed by atoms with E-state index in [0.717, 1.165) is 13.1 Å². The van der Waals surface area contributed by atoms with Crippen LogP contribution in [0.2, 0.25) is 0 Å². The fraction of sp³-hybridized carbons (Fsp3) is 0.333. The van der Waals surface area contributed by atoms with E-state index in [0.29, 0.717) is 17.7 Å². The SMILES string of the molecule is N#Cc1ccc(C(=O)NCC(c2cccs2)N2CCCC2)cc1. The van der Waals surface area contributed by atoms with Gasteiger partial charge in [-0.15, -0.1) is 11.3 Å². The van der Waals surface area contributed by atoms with E-state index in [-0.39, 0.29) is 11.9 Å². The molecule has 1 fully saturated rings. The number of nitriles is 1. The Kier molecular flexibility index (Phi) is 5.06. The normalized spacial score (nSPS) is 16.0. The van der Waals surface area contributed by atoms with Crippen LogP contribution in [0.15, 0.2) is 41.8 Å². The van der Waals surface area contributed by atoms with Gasteiger partial charge in [0.25, 0.3) is 5.91 Å². The summed E-state index contributed by atoms with van der Waals surface area (Å²) in [4.78, 5) is 16.1. The first kappa shape index (κ1) is 15.7. The molecule has 1 aromatic carbocycles. The highest BCUT2D eigenvalue weighted by atomic mass is 32.1. The second-order valence-electron chi connectivity index (χ2n) is 5.67. The molecule has 0 aliphatic carbocycles. The number of rotatable bonds is 5. The molecule has 1 amide bonds. The number of carbonyl (C=O) groups is 1. The molecule has 1 aliphatic heterocycles. The third-order valence-corrected chi connectivity index (χ3v) is 5.16. The number of carbonyl (C=O) groups excluding carboxylic acids is 1. The van der Waals surface area contributed by atoms with Crippen LogP contribution in [0.5, 0.6) is 0 Å². The van der Waals surface area contributed by atoms with Crippen LogP contribution in [0.1, 0.15) is 39.7 Å². The molecular formula is C18H19N3OS. The summed E-state index contributed by atoms with van der Waals surface area (Å²) in [6.07, 6.45) is 2.46. The number of hydrogen-bond acceptors (Lipinski definition) is 4.